The maximum absolute atomic E-state index is 6.06. The molecule has 0 saturated carbocycles. The SMILES string of the molecule is Nc1ccc(-c2ccc(Oc3ccc(Cc4ccc(Oc5ccc(-c6ccc(N)cc6)cc5)cc4)cc3)cc2)cc1. The Hall–Kier alpha value is -5.48. The normalized spacial score (nSPS) is 10.7. The molecule has 0 heterocycles. The van der Waals surface area contributed by atoms with Crippen LogP contribution in [0.5, 0.6) is 23.0 Å². The fraction of sp³-hybridized carbons (Fsp3) is 0.0270. The van der Waals surface area contributed by atoms with Gasteiger partial charge in [-0.05, 0) is 113 Å². The van der Waals surface area contributed by atoms with E-state index in [4.69, 9.17) is 20.9 Å². The first kappa shape index (κ1) is 25.8. The van der Waals surface area contributed by atoms with Crippen molar-refractivity contribution in [1.82, 2.24) is 0 Å². The zero-order chi connectivity index (χ0) is 28.0. The van der Waals surface area contributed by atoms with Gasteiger partial charge in [0.25, 0.3) is 0 Å². The Morgan fingerprint density at radius 2 is 0.561 bits per heavy atom. The molecule has 0 aromatic heterocycles. The van der Waals surface area contributed by atoms with Crippen LogP contribution in [0.15, 0.2) is 146 Å². The number of hydrogen-bond acceptors (Lipinski definition) is 4. The average molecular weight is 535 g/mol. The molecule has 0 aliphatic rings. The van der Waals surface area contributed by atoms with Crippen molar-refractivity contribution in [2.75, 3.05) is 11.5 Å². The molecule has 0 amide bonds. The minimum atomic E-state index is 0.761. The van der Waals surface area contributed by atoms with E-state index in [0.29, 0.717) is 0 Å². The van der Waals surface area contributed by atoms with Crippen LogP contribution in [0.25, 0.3) is 22.3 Å². The first-order valence-electron chi connectivity index (χ1n) is 13.5. The number of benzene rings is 6. The Morgan fingerprint density at radius 3 is 0.854 bits per heavy atom. The molecule has 0 radical (unpaired) electrons. The Balaban J connectivity index is 1.03. The Labute approximate surface area is 240 Å². The lowest BCUT2D eigenvalue weighted by molar-refractivity contribution is 0.482. The van der Waals surface area contributed by atoms with Crippen LogP contribution in [0.2, 0.25) is 0 Å². The van der Waals surface area contributed by atoms with E-state index in [0.717, 1.165) is 63.0 Å². The van der Waals surface area contributed by atoms with Gasteiger partial charge in [0.2, 0.25) is 0 Å². The third kappa shape index (κ3) is 6.57. The van der Waals surface area contributed by atoms with Gasteiger partial charge in [0, 0.05) is 11.4 Å². The quantitative estimate of drug-likeness (QED) is 0.191. The van der Waals surface area contributed by atoms with Crippen LogP contribution in [0.4, 0.5) is 11.4 Å². The van der Waals surface area contributed by atoms with E-state index >= 15 is 0 Å². The molecular weight excluding hydrogens is 504 g/mol. The molecule has 6 rings (SSSR count). The summed E-state index contributed by atoms with van der Waals surface area (Å²) >= 11 is 0. The van der Waals surface area contributed by atoms with E-state index in [9.17, 15) is 0 Å². The van der Waals surface area contributed by atoms with Crippen LogP contribution in [0.3, 0.4) is 0 Å². The summed E-state index contributed by atoms with van der Waals surface area (Å²) in [6.07, 6.45) is 0.827. The van der Waals surface area contributed by atoms with Crippen molar-refractivity contribution in [1.29, 1.82) is 0 Å². The Morgan fingerprint density at radius 1 is 0.317 bits per heavy atom. The van der Waals surface area contributed by atoms with E-state index < -0.39 is 0 Å². The van der Waals surface area contributed by atoms with Crippen LogP contribution in [0.1, 0.15) is 11.1 Å². The second kappa shape index (κ2) is 11.7. The van der Waals surface area contributed by atoms with Crippen molar-refractivity contribution in [3.05, 3.63) is 157 Å². The van der Waals surface area contributed by atoms with Gasteiger partial charge < -0.3 is 20.9 Å². The van der Waals surface area contributed by atoms with Crippen molar-refractivity contribution >= 4 is 11.4 Å². The number of nitrogen functional groups attached to an aromatic ring is 2. The van der Waals surface area contributed by atoms with Crippen molar-refractivity contribution < 1.29 is 9.47 Å². The van der Waals surface area contributed by atoms with Gasteiger partial charge in [-0.25, -0.2) is 0 Å². The second-order valence-electron chi connectivity index (χ2n) is 9.96. The second-order valence-corrected chi connectivity index (χ2v) is 9.96. The Bertz CT molecular complexity index is 1580. The molecule has 4 nitrogen and oxygen atoms in total. The van der Waals surface area contributed by atoms with Crippen LogP contribution in [-0.4, -0.2) is 0 Å². The molecule has 0 aliphatic carbocycles. The fourth-order valence-electron chi connectivity index (χ4n) is 4.64. The lowest BCUT2D eigenvalue weighted by Crippen LogP contribution is -1.90. The zero-order valence-electron chi connectivity index (χ0n) is 22.5. The summed E-state index contributed by atoms with van der Waals surface area (Å²) in [5.41, 5.74) is 20.0. The molecule has 0 aliphatic heterocycles. The molecule has 6 aromatic rings. The summed E-state index contributed by atoms with van der Waals surface area (Å²) in [7, 11) is 0. The number of rotatable bonds is 8. The van der Waals surface area contributed by atoms with E-state index in [1.165, 1.54) is 11.1 Å². The molecular formula is C37H30N2O2. The third-order valence-corrected chi connectivity index (χ3v) is 6.92. The summed E-state index contributed by atoms with van der Waals surface area (Å²) in [5.74, 6) is 3.21. The van der Waals surface area contributed by atoms with Crippen molar-refractivity contribution in [2.24, 2.45) is 0 Å². The van der Waals surface area contributed by atoms with Gasteiger partial charge in [-0.1, -0.05) is 72.8 Å². The molecule has 0 bridgehead atoms. The van der Waals surface area contributed by atoms with E-state index in [-0.39, 0.29) is 0 Å². The van der Waals surface area contributed by atoms with Crippen LogP contribution < -0.4 is 20.9 Å². The summed E-state index contributed by atoms with van der Waals surface area (Å²) in [6.45, 7) is 0. The number of nitrogens with two attached hydrogens (primary N) is 2. The van der Waals surface area contributed by atoms with Crippen LogP contribution >= 0.6 is 0 Å². The van der Waals surface area contributed by atoms with E-state index in [2.05, 4.69) is 48.5 Å². The first-order chi connectivity index (χ1) is 20.1. The highest BCUT2D eigenvalue weighted by molar-refractivity contribution is 5.67. The minimum absolute atomic E-state index is 0.761. The third-order valence-electron chi connectivity index (χ3n) is 6.92. The standard InChI is InChI=1S/C37H30N2O2/c38-32-13-5-28(6-14-32)30-9-21-36(22-10-30)40-34-17-1-26(2-18-34)25-27-3-19-35(20-4-27)41-37-23-11-31(12-24-37)29-7-15-33(39)16-8-29/h1-24H,25,38-39H2. The fourth-order valence-corrected chi connectivity index (χ4v) is 4.64. The predicted octanol–water partition coefficient (Wildman–Crippen LogP) is 9.36. The lowest BCUT2D eigenvalue weighted by atomic mass is 10.0. The highest BCUT2D eigenvalue weighted by Gasteiger charge is 2.04. The summed E-state index contributed by atoms with van der Waals surface area (Å²) in [4.78, 5) is 0. The molecule has 0 spiro atoms. The topological polar surface area (TPSA) is 70.5 Å². The average Bonchev–Trinajstić information content (AvgIpc) is 3.01. The van der Waals surface area contributed by atoms with Gasteiger partial charge in [0.05, 0.1) is 0 Å². The van der Waals surface area contributed by atoms with Gasteiger partial charge in [-0.15, -0.1) is 0 Å². The molecule has 6 aromatic carbocycles. The molecule has 0 saturated heterocycles. The molecule has 0 fully saturated rings. The Kier molecular flexibility index (Phi) is 7.37. The van der Waals surface area contributed by atoms with Gasteiger partial charge in [-0.3, -0.25) is 0 Å². The first-order valence-corrected chi connectivity index (χ1v) is 13.5. The number of ether oxygens (including phenoxy) is 2. The predicted molar refractivity (Wildman–Crippen MR) is 168 cm³/mol. The van der Waals surface area contributed by atoms with E-state index in [1.807, 2.05) is 97.1 Å². The summed E-state index contributed by atoms with van der Waals surface area (Å²) < 4.78 is 12.1. The molecule has 0 unspecified atom stereocenters. The van der Waals surface area contributed by atoms with E-state index in [1.54, 1.807) is 0 Å². The zero-order valence-corrected chi connectivity index (χ0v) is 22.5. The highest BCUT2D eigenvalue weighted by atomic mass is 16.5. The maximum atomic E-state index is 6.06. The van der Waals surface area contributed by atoms with Crippen LogP contribution in [-0.2, 0) is 6.42 Å². The lowest BCUT2D eigenvalue weighted by Gasteiger charge is -2.10. The molecule has 4 heteroatoms. The smallest absolute Gasteiger partial charge is 0.127 e. The highest BCUT2D eigenvalue weighted by Crippen LogP contribution is 2.29. The van der Waals surface area contributed by atoms with Crippen molar-refractivity contribution in [2.45, 2.75) is 6.42 Å². The van der Waals surface area contributed by atoms with Gasteiger partial charge in [-0.2, -0.15) is 0 Å². The molecule has 41 heavy (non-hydrogen) atoms. The monoisotopic (exact) mass is 534 g/mol. The number of hydrogen-bond donors (Lipinski definition) is 2. The van der Waals surface area contributed by atoms with Gasteiger partial charge >= 0.3 is 0 Å². The largest absolute Gasteiger partial charge is 0.457 e. The maximum Gasteiger partial charge on any atom is 0.127 e. The number of anilines is 2. The van der Waals surface area contributed by atoms with Gasteiger partial charge in [0.15, 0.2) is 0 Å². The molecule has 0 atom stereocenters. The summed E-state index contributed by atoms with van der Waals surface area (Å²) in [6, 6.07) is 48.3. The van der Waals surface area contributed by atoms with Crippen LogP contribution in [0, 0.1) is 0 Å². The molecule has 200 valence electrons. The molecule has 4 N–H and O–H groups in total. The van der Waals surface area contributed by atoms with Crippen molar-refractivity contribution in [3.63, 3.8) is 0 Å². The van der Waals surface area contributed by atoms with Crippen molar-refractivity contribution in [3.8, 4) is 45.3 Å². The van der Waals surface area contributed by atoms with Gasteiger partial charge in [0.1, 0.15) is 23.0 Å². The summed E-state index contributed by atoms with van der Waals surface area (Å²) in [5, 5.41) is 0. The minimum Gasteiger partial charge on any atom is -0.457 e.